The summed E-state index contributed by atoms with van der Waals surface area (Å²) < 4.78 is 5.26. The van der Waals surface area contributed by atoms with E-state index >= 15 is 0 Å². The van der Waals surface area contributed by atoms with Gasteiger partial charge < -0.3 is 25.2 Å². The van der Waals surface area contributed by atoms with Crippen LogP contribution in [0, 0.1) is 0 Å². The second-order valence-electron chi connectivity index (χ2n) is 9.21. The smallest absolute Gasteiger partial charge is 0.254 e. The molecule has 1 aromatic heterocycles. The molecule has 0 spiro atoms. The number of anilines is 4. The zero-order valence-corrected chi connectivity index (χ0v) is 21.9. The van der Waals surface area contributed by atoms with Crippen LogP contribution in [-0.4, -0.2) is 60.0 Å². The van der Waals surface area contributed by atoms with Crippen LogP contribution in [0.4, 0.5) is 23.0 Å². The van der Waals surface area contributed by atoms with Crippen molar-refractivity contribution in [3.8, 4) is 17.0 Å². The minimum absolute atomic E-state index is 0.0192. The molecule has 0 unspecified atom stereocenters. The molecule has 2 heterocycles. The number of methoxy groups -OCH3 is 1. The first-order valence-electron chi connectivity index (χ1n) is 12.7. The molecule has 1 aliphatic heterocycles. The molecule has 2 amide bonds. The first-order chi connectivity index (χ1) is 19.0. The number of nitrogens with zero attached hydrogens (tertiary/aromatic N) is 4. The van der Waals surface area contributed by atoms with Crippen molar-refractivity contribution >= 4 is 34.8 Å². The van der Waals surface area contributed by atoms with Crippen molar-refractivity contribution < 1.29 is 14.3 Å². The highest BCUT2D eigenvalue weighted by atomic mass is 16.5. The Morgan fingerprint density at radius 3 is 2.38 bits per heavy atom. The van der Waals surface area contributed by atoms with Crippen LogP contribution in [0.3, 0.4) is 0 Å². The van der Waals surface area contributed by atoms with Crippen LogP contribution in [0.5, 0.6) is 5.75 Å². The molecule has 1 fully saturated rings. The van der Waals surface area contributed by atoms with Gasteiger partial charge in [0.05, 0.1) is 12.8 Å². The van der Waals surface area contributed by atoms with Gasteiger partial charge in [-0.05, 0) is 54.6 Å². The highest BCUT2D eigenvalue weighted by molar-refractivity contribution is 5.94. The van der Waals surface area contributed by atoms with Crippen LogP contribution in [-0.2, 0) is 4.79 Å². The SMILES string of the molecule is COc1cccc(C(=O)N2CCN(c3cccc(Nc4nccc(-c5ccc(NC(C)=O)cc5)n4)c3)CC2)c1. The van der Waals surface area contributed by atoms with E-state index < -0.39 is 0 Å². The fourth-order valence-electron chi connectivity index (χ4n) is 4.52. The maximum atomic E-state index is 13.0. The monoisotopic (exact) mass is 522 g/mol. The number of nitrogens with one attached hydrogen (secondary N) is 2. The lowest BCUT2D eigenvalue weighted by atomic mass is 10.1. The fraction of sp³-hybridized carbons (Fsp3) is 0.200. The van der Waals surface area contributed by atoms with Gasteiger partial charge in [-0.1, -0.05) is 24.3 Å². The standard InChI is InChI=1S/C30H30N6O3/c1-21(37)32-24-11-9-22(10-12-24)28-13-14-31-30(34-28)33-25-6-4-7-26(20-25)35-15-17-36(18-16-35)29(38)23-5-3-8-27(19-23)39-2/h3-14,19-20H,15-18H2,1-2H3,(H,32,37)(H,31,33,34). The number of aromatic nitrogens is 2. The van der Waals surface area contributed by atoms with Gasteiger partial charge in [0.1, 0.15) is 5.75 Å². The molecule has 9 heteroatoms. The molecule has 2 N–H and O–H groups in total. The topological polar surface area (TPSA) is 99.7 Å². The van der Waals surface area contributed by atoms with Gasteiger partial charge >= 0.3 is 0 Å². The predicted octanol–water partition coefficient (Wildman–Crippen LogP) is 4.82. The van der Waals surface area contributed by atoms with Gasteiger partial charge in [-0.25, -0.2) is 9.97 Å². The molecule has 1 aliphatic rings. The quantitative estimate of drug-likeness (QED) is 0.359. The molecule has 1 saturated heterocycles. The second-order valence-corrected chi connectivity index (χ2v) is 9.21. The van der Waals surface area contributed by atoms with E-state index in [4.69, 9.17) is 4.74 Å². The molecule has 0 radical (unpaired) electrons. The van der Waals surface area contributed by atoms with Gasteiger partial charge in [-0.3, -0.25) is 9.59 Å². The summed E-state index contributed by atoms with van der Waals surface area (Å²) in [6, 6.07) is 24.8. The van der Waals surface area contributed by atoms with E-state index in [-0.39, 0.29) is 11.8 Å². The van der Waals surface area contributed by atoms with Gasteiger partial charge in [0.15, 0.2) is 0 Å². The Balaban J connectivity index is 1.22. The number of carbonyl (C=O) groups is 2. The Morgan fingerprint density at radius 2 is 1.64 bits per heavy atom. The van der Waals surface area contributed by atoms with Crippen LogP contribution in [0.2, 0.25) is 0 Å². The summed E-state index contributed by atoms with van der Waals surface area (Å²) in [7, 11) is 1.60. The number of amides is 2. The van der Waals surface area contributed by atoms with E-state index in [2.05, 4.69) is 37.6 Å². The summed E-state index contributed by atoms with van der Waals surface area (Å²) in [5.41, 5.74) is 5.01. The maximum absolute atomic E-state index is 13.0. The molecule has 198 valence electrons. The number of ether oxygens (including phenoxy) is 1. The van der Waals surface area contributed by atoms with Gasteiger partial charge in [0, 0.05) is 67.5 Å². The summed E-state index contributed by atoms with van der Waals surface area (Å²) in [4.78, 5) is 37.4. The number of rotatable bonds is 7. The number of benzene rings is 3. The normalized spacial score (nSPS) is 13.1. The van der Waals surface area contributed by atoms with Crippen LogP contribution < -0.4 is 20.3 Å². The zero-order valence-electron chi connectivity index (χ0n) is 21.9. The molecule has 0 aliphatic carbocycles. The number of carbonyl (C=O) groups excluding carboxylic acids is 2. The molecule has 9 nitrogen and oxygen atoms in total. The minimum atomic E-state index is -0.109. The zero-order chi connectivity index (χ0) is 27.2. The Kier molecular flexibility index (Phi) is 7.68. The molecule has 4 aromatic rings. The molecule has 0 saturated carbocycles. The van der Waals surface area contributed by atoms with Gasteiger partial charge in [-0.15, -0.1) is 0 Å². The molecular weight excluding hydrogens is 492 g/mol. The van der Waals surface area contributed by atoms with Crippen molar-refractivity contribution in [3.05, 3.63) is 90.6 Å². The highest BCUT2D eigenvalue weighted by Crippen LogP contribution is 2.25. The number of piperazine rings is 1. The predicted molar refractivity (Wildman–Crippen MR) is 153 cm³/mol. The third-order valence-corrected chi connectivity index (χ3v) is 6.51. The van der Waals surface area contributed by atoms with E-state index in [1.54, 1.807) is 19.4 Å². The summed E-state index contributed by atoms with van der Waals surface area (Å²) in [5.74, 6) is 1.08. The summed E-state index contributed by atoms with van der Waals surface area (Å²) in [6.07, 6.45) is 1.72. The lowest BCUT2D eigenvalue weighted by Gasteiger charge is -2.36. The van der Waals surface area contributed by atoms with Crippen molar-refractivity contribution in [3.63, 3.8) is 0 Å². The van der Waals surface area contributed by atoms with Gasteiger partial charge in [-0.2, -0.15) is 0 Å². The Labute approximate surface area is 227 Å². The Bertz CT molecular complexity index is 1470. The van der Waals surface area contributed by atoms with Crippen LogP contribution in [0.1, 0.15) is 17.3 Å². The third-order valence-electron chi connectivity index (χ3n) is 6.51. The summed E-state index contributed by atoms with van der Waals surface area (Å²) >= 11 is 0. The van der Waals surface area contributed by atoms with E-state index in [0.717, 1.165) is 41.4 Å². The molecule has 39 heavy (non-hydrogen) atoms. The number of hydrogen-bond acceptors (Lipinski definition) is 7. The third kappa shape index (κ3) is 6.32. The highest BCUT2D eigenvalue weighted by Gasteiger charge is 2.23. The van der Waals surface area contributed by atoms with Crippen LogP contribution >= 0.6 is 0 Å². The first-order valence-corrected chi connectivity index (χ1v) is 12.7. The van der Waals surface area contributed by atoms with Crippen molar-refractivity contribution in [2.45, 2.75) is 6.92 Å². The summed E-state index contributed by atoms with van der Waals surface area (Å²) in [6.45, 7) is 4.23. The first kappa shape index (κ1) is 25.7. The van der Waals surface area contributed by atoms with E-state index in [1.807, 2.05) is 65.6 Å². The fourth-order valence-corrected chi connectivity index (χ4v) is 4.52. The van der Waals surface area contributed by atoms with Crippen LogP contribution in [0.15, 0.2) is 85.1 Å². The molecule has 5 rings (SSSR count). The van der Waals surface area contributed by atoms with E-state index in [9.17, 15) is 9.59 Å². The molecule has 3 aromatic carbocycles. The average molecular weight is 523 g/mol. The minimum Gasteiger partial charge on any atom is -0.497 e. The lowest BCUT2D eigenvalue weighted by Crippen LogP contribution is -2.48. The Morgan fingerprint density at radius 1 is 0.872 bits per heavy atom. The lowest BCUT2D eigenvalue weighted by molar-refractivity contribution is -0.114. The molecule has 0 atom stereocenters. The average Bonchev–Trinajstić information content (AvgIpc) is 2.97. The van der Waals surface area contributed by atoms with Crippen molar-refractivity contribution in [2.75, 3.05) is 48.8 Å². The largest absolute Gasteiger partial charge is 0.497 e. The number of hydrogen-bond donors (Lipinski definition) is 2. The van der Waals surface area contributed by atoms with E-state index in [1.165, 1.54) is 6.92 Å². The second kappa shape index (κ2) is 11.6. The molecular formula is C30H30N6O3. The van der Waals surface area contributed by atoms with Crippen molar-refractivity contribution in [1.82, 2.24) is 14.9 Å². The van der Waals surface area contributed by atoms with Gasteiger partial charge in [0.2, 0.25) is 11.9 Å². The summed E-state index contributed by atoms with van der Waals surface area (Å²) in [5, 5.41) is 6.08. The van der Waals surface area contributed by atoms with Crippen LogP contribution in [0.25, 0.3) is 11.3 Å². The molecule has 0 bridgehead atoms. The Hall–Kier alpha value is -4.92. The van der Waals surface area contributed by atoms with Gasteiger partial charge in [0.25, 0.3) is 5.91 Å². The maximum Gasteiger partial charge on any atom is 0.254 e. The van der Waals surface area contributed by atoms with Crippen molar-refractivity contribution in [1.29, 1.82) is 0 Å². The van der Waals surface area contributed by atoms with E-state index in [0.29, 0.717) is 30.4 Å². The van der Waals surface area contributed by atoms with Crippen molar-refractivity contribution in [2.24, 2.45) is 0 Å².